The molecule has 3 aliphatic rings. The van der Waals surface area contributed by atoms with Crippen molar-refractivity contribution >= 4 is 14.1 Å². The standard InChI is InChI=1S/C3H3O7P/c4-1-2-3(5,6)10-11(7,8-2)9-2/h1,5-6H. The quantitative estimate of drug-likeness (QED) is 0.295. The molecule has 0 atom stereocenters. The van der Waals surface area contributed by atoms with Gasteiger partial charge in [0.1, 0.15) is 0 Å². The summed E-state index contributed by atoms with van der Waals surface area (Å²) in [6, 6.07) is 0. The summed E-state index contributed by atoms with van der Waals surface area (Å²) in [6.07, 6.45) is -0.0316. The number of hydrogen-bond acceptors (Lipinski definition) is 7. The molecule has 0 aromatic heterocycles. The van der Waals surface area contributed by atoms with Crippen molar-refractivity contribution in [2.45, 2.75) is 11.8 Å². The fourth-order valence-corrected chi connectivity index (χ4v) is 2.35. The van der Waals surface area contributed by atoms with Crippen LogP contribution >= 0.6 is 7.82 Å². The van der Waals surface area contributed by atoms with E-state index in [1.807, 2.05) is 0 Å². The van der Waals surface area contributed by atoms with Crippen molar-refractivity contribution in [1.29, 1.82) is 0 Å². The molecule has 0 saturated carbocycles. The lowest BCUT2D eigenvalue weighted by molar-refractivity contribution is -0.358. The van der Waals surface area contributed by atoms with Crippen molar-refractivity contribution in [2.24, 2.45) is 0 Å². The summed E-state index contributed by atoms with van der Waals surface area (Å²) in [5.41, 5.74) is 0. The number of hydrogen-bond donors (Lipinski definition) is 2. The van der Waals surface area contributed by atoms with Gasteiger partial charge in [-0.3, -0.25) is 4.79 Å². The van der Waals surface area contributed by atoms with Crippen LogP contribution in [0, 0.1) is 0 Å². The minimum absolute atomic E-state index is 0.0316. The molecule has 0 aromatic carbocycles. The van der Waals surface area contributed by atoms with E-state index in [9.17, 15) is 9.36 Å². The molecule has 3 heterocycles. The lowest BCUT2D eigenvalue weighted by Crippen LogP contribution is -2.54. The number of aldehydes is 1. The van der Waals surface area contributed by atoms with Gasteiger partial charge in [-0.15, -0.1) is 0 Å². The molecule has 0 aromatic rings. The van der Waals surface area contributed by atoms with Crippen LogP contribution in [0.4, 0.5) is 0 Å². The Bertz CT molecular complexity index is 259. The second kappa shape index (κ2) is 1.56. The van der Waals surface area contributed by atoms with Gasteiger partial charge in [-0.25, -0.2) is 18.1 Å². The number of carbonyl (C=O) groups excluding carboxylic acids is 1. The summed E-state index contributed by atoms with van der Waals surface area (Å²) in [4.78, 5) is 10.2. The second-order valence-corrected chi connectivity index (χ2v) is 3.56. The zero-order valence-electron chi connectivity index (χ0n) is 4.96. The molecule has 0 amide bonds. The fraction of sp³-hybridized carbons (Fsp3) is 0.667. The van der Waals surface area contributed by atoms with Crippen LogP contribution in [-0.2, 0) is 22.9 Å². The number of phosphoric acid groups is 1. The molecule has 2 bridgehead atoms. The van der Waals surface area contributed by atoms with Crippen LogP contribution in [0.15, 0.2) is 0 Å². The fourth-order valence-electron chi connectivity index (χ4n) is 0.835. The van der Waals surface area contributed by atoms with Crippen molar-refractivity contribution in [3.8, 4) is 0 Å². The van der Waals surface area contributed by atoms with Gasteiger partial charge in [0.25, 0.3) is 0 Å². The van der Waals surface area contributed by atoms with Gasteiger partial charge in [0.15, 0.2) is 6.29 Å². The highest BCUT2D eigenvalue weighted by molar-refractivity contribution is 7.50. The van der Waals surface area contributed by atoms with Crippen molar-refractivity contribution in [3.05, 3.63) is 0 Å². The molecule has 0 aliphatic carbocycles. The van der Waals surface area contributed by atoms with E-state index in [0.717, 1.165) is 0 Å². The largest absolute Gasteiger partial charge is 0.485 e. The van der Waals surface area contributed by atoms with Crippen LogP contribution in [0.2, 0.25) is 0 Å². The number of fused-ring (bicyclic) bond motifs is 1. The van der Waals surface area contributed by atoms with E-state index in [-0.39, 0.29) is 6.29 Å². The molecule has 3 fully saturated rings. The van der Waals surface area contributed by atoms with E-state index in [2.05, 4.69) is 13.6 Å². The van der Waals surface area contributed by atoms with Crippen LogP contribution in [0.5, 0.6) is 0 Å². The molecule has 62 valence electrons. The van der Waals surface area contributed by atoms with E-state index >= 15 is 0 Å². The van der Waals surface area contributed by atoms with Crippen molar-refractivity contribution in [3.63, 3.8) is 0 Å². The number of aliphatic hydroxyl groups is 2. The Labute approximate surface area is 60.1 Å². The van der Waals surface area contributed by atoms with Gasteiger partial charge in [0.05, 0.1) is 0 Å². The predicted molar refractivity (Wildman–Crippen MR) is 26.8 cm³/mol. The maximum absolute atomic E-state index is 10.7. The van der Waals surface area contributed by atoms with Gasteiger partial charge in [-0.1, -0.05) is 0 Å². The minimum Gasteiger partial charge on any atom is -0.338 e. The summed E-state index contributed by atoms with van der Waals surface area (Å²) in [5.74, 6) is -5.26. The lowest BCUT2D eigenvalue weighted by atomic mass is 10.3. The molecule has 7 nitrogen and oxygen atoms in total. The zero-order chi connectivity index (χ0) is 8.33. The molecular formula is C3H3O7P. The highest BCUT2D eigenvalue weighted by Crippen LogP contribution is 2.75. The van der Waals surface area contributed by atoms with E-state index in [1.54, 1.807) is 0 Å². The smallest absolute Gasteiger partial charge is 0.338 e. The molecule has 0 unspecified atom stereocenters. The van der Waals surface area contributed by atoms with E-state index < -0.39 is 19.6 Å². The average Bonchev–Trinajstić information content (AvgIpc) is 2.08. The highest BCUT2D eigenvalue weighted by atomic mass is 31.2. The number of phosphoric ester groups is 1. The van der Waals surface area contributed by atoms with Gasteiger partial charge >= 0.3 is 19.6 Å². The summed E-state index contributed by atoms with van der Waals surface area (Å²) in [7, 11) is -3.83. The van der Waals surface area contributed by atoms with Gasteiger partial charge in [-0.2, -0.15) is 0 Å². The van der Waals surface area contributed by atoms with Crippen LogP contribution in [0.3, 0.4) is 0 Å². The molecule has 3 saturated heterocycles. The first-order valence-electron chi connectivity index (χ1n) is 2.56. The maximum Gasteiger partial charge on any atom is 0.485 e. The normalized spacial score (nSPS) is 51.8. The minimum atomic E-state index is -3.83. The third kappa shape index (κ3) is 0.652. The van der Waals surface area contributed by atoms with Gasteiger partial charge < -0.3 is 10.2 Å². The first-order chi connectivity index (χ1) is 4.93. The van der Waals surface area contributed by atoms with Gasteiger partial charge in [0.2, 0.25) is 0 Å². The number of carbonyl (C=O) groups is 1. The van der Waals surface area contributed by atoms with Crippen LogP contribution in [0.25, 0.3) is 0 Å². The molecule has 3 aliphatic heterocycles. The van der Waals surface area contributed by atoms with Crippen LogP contribution in [-0.4, -0.2) is 28.3 Å². The number of rotatable bonds is 1. The maximum atomic E-state index is 10.7. The van der Waals surface area contributed by atoms with Crippen LogP contribution in [0.1, 0.15) is 0 Å². The summed E-state index contributed by atoms with van der Waals surface area (Å²) < 4.78 is 23.2. The first kappa shape index (κ1) is 7.35. The van der Waals surface area contributed by atoms with Crippen molar-refractivity contribution in [1.82, 2.24) is 0 Å². The Morgan fingerprint density at radius 2 is 1.82 bits per heavy atom. The molecular weight excluding hydrogens is 179 g/mol. The predicted octanol–water partition coefficient (Wildman–Crippen LogP) is -1.29. The second-order valence-electron chi connectivity index (χ2n) is 2.11. The Balaban J connectivity index is 2.44. The SMILES string of the molecule is O=CC12OP(=O)(OC1(O)O)O2. The topological polar surface area (TPSA) is 102 Å². The molecule has 2 N–H and O–H groups in total. The van der Waals surface area contributed by atoms with E-state index in [4.69, 9.17) is 10.2 Å². The monoisotopic (exact) mass is 182 g/mol. The Kier molecular flexibility index (Phi) is 1.04. The van der Waals surface area contributed by atoms with E-state index in [0.29, 0.717) is 0 Å². The van der Waals surface area contributed by atoms with Crippen LogP contribution < -0.4 is 0 Å². The van der Waals surface area contributed by atoms with E-state index in [1.165, 1.54) is 0 Å². The van der Waals surface area contributed by atoms with Crippen molar-refractivity contribution in [2.75, 3.05) is 0 Å². The summed E-state index contributed by atoms with van der Waals surface area (Å²) in [5, 5.41) is 17.6. The van der Waals surface area contributed by atoms with Gasteiger partial charge in [0, 0.05) is 0 Å². The molecule has 0 radical (unpaired) electrons. The third-order valence-electron chi connectivity index (χ3n) is 1.34. The molecule has 11 heavy (non-hydrogen) atoms. The average molecular weight is 182 g/mol. The Hall–Kier alpha value is -0.300. The van der Waals surface area contributed by atoms with Gasteiger partial charge in [-0.05, 0) is 0 Å². The third-order valence-corrected chi connectivity index (χ3v) is 2.81. The first-order valence-corrected chi connectivity index (χ1v) is 4.02. The summed E-state index contributed by atoms with van der Waals surface area (Å²) >= 11 is 0. The zero-order valence-corrected chi connectivity index (χ0v) is 5.85. The lowest BCUT2D eigenvalue weighted by Gasteiger charge is -2.30. The molecule has 8 heteroatoms. The molecule has 0 spiro atoms. The Morgan fingerprint density at radius 1 is 1.27 bits per heavy atom. The molecule has 3 rings (SSSR count). The Morgan fingerprint density at radius 3 is 2.00 bits per heavy atom. The summed E-state index contributed by atoms with van der Waals surface area (Å²) in [6.45, 7) is 0. The highest BCUT2D eigenvalue weighted by Gasteiger charge is 2.80. The van der Waals surface area contributed by atoms with Crippen molar-refractivity contribution < 1.29 is 33.1 Å².